The summed E-state index contributed by atoms with van der Waals surface area (Å²) in [6, 6.07) is 15.2. The van der Waals surface area contributed by atoms with Crippen molar-refractivity contribution in [2.24, 2.45) is 5.92 Å². The molecule has 0 heterocycles. The summed E-state index contributed by atoms with van der Waals surface area (Å²) in [7, 11) is 2.16. The molecule has 0 bridgehead atoms. The van der Waals surface area contributed by atoms with Gasteiger partial charge in [0.1, 0.15) is 0 Å². The van der Waals surface area contributed by atoms with Crippen LogP contribution in [0.15, 0.2) is 54.6 Å². The number of fused-ring (bicyclic) bond motifs is 1. The van der Waals surface area contributed by atoms with E-state index in [1.165, 1.54) is 42.0 Å². The summed E-state index contributed by atoms with van der Waals surface area (Å²) in [6.45, 7) is 1.89. The number of allylic oxidation sites excluding steroid dienone is 1. The highest BCUT2D eigenvalue weighted by molar-refractivity contribution is 5.85. The van der Waals surface area contributed by atoms with E-state index in [0.717, 1.165) is 13.1 Å². The molecule has 1 aliphatic carbocycles. The summed E-state index contributed by atoms with van der Waals surface area (Å²) in [5, 5.41) is 2.67. The third kappa shape index (κ3) is 4.47. The molecule has 118 valence electrons. The Morgan fingerprint density at radius 3 is 2.74 bits per heavy atom. The predicted octanol–water partition coefficient (Wildman–Crippen LogP) is 5.02. The summed E-state index contributed by atoms with van der Waals surface area (Å²) in [5.41, 5.74) is 1.39. The van der Waals surface area contributed by atoms with Crippen molar-refractivity contribution in [3.8, 4) is 11.8 Å². The average molecular weight is 303 g/mol. The number of rotatable bonds is 4. The molecule has 0 aromatic heterocycles. The summed E-state index contributed by atoms with van der Waals surface area (Å²) in [5.74, 6) is 7.24. The average Bonchev–Trinajstić information content (AvgIpc) is 3.08. The smallest absolute Gasteiger partial charge is 0.0240 e. The van der Waals surface area contributed by atoms with E-state index < -0.39 is 0 Å². The maximum absolute atomic E-state index is 3.37. The minimum absolute atomic E-state index is 0.646. The fraction of sp³-hybridized carbons (Fsp3) is 0.364. The van der Waals surface area contributed by atoms with Crippen LogP contribution in [0.4, 0.5) is 0 Å². The number of hydrogen-bond acceptors (Lipinski definition) is 1. The van der Waals surface area contributed by atoms with Gasteiger partial charge in [-0.3, -0.25) is 4.90 Å². The van der Waals surface area contributed by atoms with E-state index >= 15 is 0 Å². The molecule has 23 heavy (non-hydrogen) atoms. The van der Waals surface area contributed by atoms with Crippen molar-refractivity contribution in [3.63, 3.8) is 0 Å². The van der Waals surface area contributed by atoms with Crippen molar-refractivity contribution < 1.29 is 0 Å². The van der Waals surface area contributed by atoms with E-state index in [1.54, 1.807) is 0 Å². The van der Waals surface area contributed by atoms with Crippen LogP contribution in [0.25, 0.3) is 10.8 Å². The van der Waals surface area contributed by atoms with E-state index in [9.17, 15) is 0 Å². The van der Waals surface area contributed by atoms with Crippen molar-refractivity contribution in [3.05, 3.63) is 60.2 Å². The number of nitrogens with zero attached hydrogens (tertiary/aromatic N) is 1. The Kier molecular flexibility index (Phi) is 5.51. The Balaban J connectivity index is 1.55. The molecule has 1 fully saturated rings. The largest absolute Gasteiger partial charge is 0.298 e. The molecule has 0 spiro atoms. The second-order valence-corrected chi connectivity index (χ2v) is 6.51. The Bertz CT molecular complexity index is 721. The first kappa shape index (κ1) is 15.8. The van der Waals surface area contributed by atoms with Crippen molar-refractivity contribution in [1.29, 1.82) is 0 Å². The Hall–Kier alpha value is -2.04. The molecular formula is C22H25N. The quantitative estimate of drug-likeness (QED) is 0.717. The minimum atomic E-state index is 0.646. The van der Waals surface area contributed by atoms with Crippen molar-refractivity contribution in [2.75, 3.05) is 13.6 Å². The Morgan fingerprint density at radius 1 is 1.09 bits per heavy atom. The highest BCUT2D eigenvalue weighted by Crippen LogP contribution is 2.23. The van der Waals surface area contributed by atoms with Crippen LogP contribution in [0, 0.1) is 17.8 Å². The lowest BCUT2D eigenvalue weighted by Crippen LogP contribution is -2.17. The monoisotopic (exact) mass is 303 g/mol. The van der Waals surface area contributed by atoms with Gasteiger partial charge >= 0.3 is 0 Å². The molecule has 0 radical (unpaired) electrons. The topological polar surface area (TPSA) is 3.24 Å². The predicted molar refractivity (Wildman–Crippen MR) is 99.2 cm³/mol. The zero-order chi connectivity index (χ0) is 15.9. The zero-order valence-corrected chi connectivity index (χ0v) is 14.0. The molecule has 1 saturated carbocycles. The number of hydrogen-bond donors (Lipinski definition) is 0. The van der Waals surface area contributed by atoms with Crippen LogP contribution in [0.5, 0.6) is 0 Å². The van der Waals surface area contributed by atoms with Crippen molar-refractivity contribution >= 4 is 10.8 Å². The third-order valence-corrected chi connectivity index (χ3v) is 4.58. The van der Waals surface area contributed by atoms with Gasteiger partial charge in [-0.2, -0.15) is 0 Å². The Morgan fingerprint density at radius 2 is 1.87 bits per heavy atom. The van der Waals surface area contributed by atoms with Crippen LogP contribution in [-0.4, -0.2) is 18.5 Å². The first-order valence-electron chi connectivity index (χ1n) is 8.64. The van der Waals surface area contributed by atoms with Crippen molar-refractivity contribution in [1.82, 2.24) is 4.90 Å². The van der Waals surface area contributed by atoms with Gasteiger partial charge in [0.2, 0.25) is 0 Å². The van der Waals surface area contributed by atoms with E-state index in [0.29, 0.717) is 5.92 Å². The molecule has 0 N–H and O–H groups in total. The van der Waals surface area contributed by atoms with Crippen LogP contribution in [-0.2, 0) is 6.54 Å². The normalized spacial score (nSPS) is 15.4. The summed E-state index contributed by atoms with van der Waals surface area (Å²) < 4.78 is 0. The highest BCUT2D eigenvalue weighted by atomic mass is 15.1. The fourth-order valence-corrected chi connectivity index (χ4v) is 3.31. The number of likely N-dealkylation sites (N-methyl/N-ethyl adjacent to an activating group) is 1. The maximum Gasteiger partial charge on any atom is 0.0240 e. The molecule has 1 nitrogen and oxygen atoms in total. The van der Waals surface area contributed by atoms with Crippen molar-refractivity contribution in [2.45, 2.75) is 32.2 Å². The van der Waals surface area contributed by atoms with Gasteiger partial charge in [-0.1, -0.05) is 73.2 Å². The molecule has 1 heteroatoms. The van der Waals surface area contributed by atoms with Crippen LogP contribution in [0.2, 0.25) is 0 Å². The highest BCUT2D eigenvalue weighted by Gasteiger charge is 2.10. The first-order valence-corrected chi connectivity index (χ1v) is 8.64. The second-order valence-electron chi connectivity index (χ2n) is 6.51. The van der Waals surface area contributed by atoms with Gasteiger partial charge in [-0.25, -0.2) is 0 Å². The summed E-state index contributed by atoms with van der Waals surface area (Å²) in [4.78, 5) is 2.33. The lowest BCUT2D eigenvalue weighted by atomic mass is 10.0. The van der Waals surface area contributed by atoms with Gasteiger partial charge in [0, 0.05) is 19.0 Å². The van der Waals surface area contributed by atoms with E-state index in [1.807, 2.05) is 6.08 Å². The summed E-state index contributed by atoms with van der Waals surface area (Å²) in [6.07, 6.45) is 9.50. The molecule has 0 unspecified atom stereocenters. The van der Waals surface area contributed by atoms with Gasteiger partial charge < -0.3 is 0 Å². The third-order valence-electron chi connectivity index (χ3n) is 4.58. The van der Waals surface area contributed by atoms with Crippen LogP contribution in [0.3, 0.4) is 0 Å². The van der Waals surface area contributed by atoms with Gasteiger partial charge in [0.25, 0.3) is 0 Å². The molecule has 0 saturated heterocycles. The lowest BCUT2D eigenvalue weighted by molar-refractivity contribution is 0.365. The molecule has 0 atom stereocenters. The van der Waals surface area contributed by atoms with Gasteiger partial charge in [0.05, 0.1) is 0 Å². The molecule has 0 amide bonds. The van der Waals surface area contributed by atoms with Crippen LogP contribution in [0.1, 0.15) is 31.2 Å². The standard InChI is InChI=1S/C22H25N/c1-23(17-8-2-3-10-19-11-4-5-12-19)18-21-15-9-14-20-13-6-7-16-22(20)21/h2,6-9,13-16,19H,4-5,11-12,17-18H2,1H3/b8-2+. The maximum atomic E-state index is 3.37. The SMILES string of the molecule is CN(C/C=C/C#CC1CCCC1)Cc1cccc2ccccc12. The Labute approximate surface area is 140 Å². The molecule has 2 aromatic rings. The van der Waals surface area contributed by atoms with Crippen LogP contribution < -0.4 is 0 Å². The van der Waals surface area contributed by atoms with Crippen LogP contribution >= 0.6 is 0 Å². The fourth-order valence-electron chi connectivity index (χ4n) is 3.31. The van der Waals surface area contributed by atoms with Gasteiger partial charge in [0.15, 0.2) is 0 Å². The van der Waals surface area contributed by atoms with E-state index in [2.05, 4.69) is 72.3 Å². The molecule has 1 aliphatic rings. The second kappa shape index (κ2) is 7.99. The van der Waals surface area contributed by atoms with Gasteiger partial charge in [-0.05, 0) is 42.3 Å². The molecule has 0 aliphatic heterocycles. The zero-order valence-electron chi connectivity index (χ0n) is 14.0. The molecule has 2 aromatic carbocycles. The molecular weight excluding hydrogens is 278 g/mol. The van der Waals surface area contributed by atoms with E-state index in [4.69, 9.17) is 0 Å². The lowest BCUT2D eigenvalue weighted by Gasteiger charge is -2.15. The summed E-state index contributed by atoms with van der Waals surface area (Å²) >= 11 is 0. The minimum Gasteiger partial charge on any atom is -0.298 e. The first-order chi connectivity index (χ1) is 11.3. The van der Waals surface area contributed by atoms with E-state index in [-0.39, 0.29) is 0 Å². The molecule has 3 rings (SSSR count). The number of benzene rings is 2. The van der Waals surface area contributed by atoms with Gasteiger partial charge in [-0.15, -0.1) is 0 Å².